The predicted octanol–water partition coefficient (Wildman–Crippen LogP) is 15.1. The standard InChI is InChI=1S/C56H58BrIO7Si/c1-56(2,3)66(4,5)65-52(35-57)54(64-49-34-47(59-36-41-21-11-6-12-22-41)33-48(53(49)58)60-37-42-23-13-7-14-24-42)46-31-50(61-38-43-25-15-8-16-26-43)55(63-40-45-29-19-10-20-30-45)51(32-46)62-39-44-27-17-9-18-28-44/h6-34,52,54H,35-40H2,1-5H3/t52-,54+/m1/s1. The summed E-state index contributed by atoms with van der Waals surface area (Å²) in [7, 11) is -2.39. The summed E-state index contributed by atoms with van der Waals surface area (Å²) in [5.74, 6) is 3.37. The van der Waals surface area contributed by atoms with Gasteiger partial charge in [-0.1, -0.05) is 188 Å². The molecule has 0 radical (unpaired) electrons. The Morgan fingerprint density at radius 3 is 1.24 bits per heavy atom. The summed E-state index contributed by atoms with van der Waals surface area (Å²) in [5.41, 5.74) is 5.93. The van der Waals surface area contributed by atoms with E-state index in [0.29, 0.717) is 72.9 Å². The van der Waals surface area contributed by atoms with Crippen molar-refractivity contribution in [3.63, 3.8) is 0 Å². The van der Waals surface area contributed by atoms with E-state index in [4.69, 9.17) is 32.8 Å². The maximum atomic E-state index is 7.38. The first kappa shape index (κ1) is 48.7. The molecule has 342 valence electrons. The van der Waals surface area contributed by atoms with Crippen molar-refractivity contribution in [3.05, 3.63) is 213 Å². The van der Waals surface area contributed by atoms with Crippen LogP contribution in [0.4, 0.5) is 0 Å². The lowest BCUT2D eigenvalue weighted by Crippen LogP contribution is -2.46. The minimum absolute atomic E-state index is 0.0842. The fraction of sp³-hybridized carbons (Fsp3) is 0.250. The fourth-order valence-corrected chi connectivity index (χ4v) is 9.47. The lowest BCUT2D eigenvalue weighted by atomic mass is 10.0. The van der Waals surface area contributed by atoms with Gasteiger partial charge in [0.25, 0.3) is 0 Å². The van der Waals surface area contributed by atoms with Crippen LogP contribution in [-0.2, 0) is 37.5 Å². The van der Waals surface area contributed by atoms with Crippen LogP contribution < -0.4 is 28.4 Å². The Balaban J connectivity index is 1.36. The second kappa shape index (κ2) is 23.4. The van der Waals surface area contributed by atoms with Crippen LogP contribution in [0.25, 0.3) is 0 Å². The first-order chi connectivity index (χ1) is 32.0. The Bertz CT molecular complexity index is 2500. The van der Waals surface area contributed by atoms with Crippen molar-refractivity contribution in [1.29, 1.82) is 0 Å². The Morgan fingerprint density at radius 1 is 0.485 bits per heavy atom. The molecule has 0 unspecified atom stereocenters. The summed E-state index contributed by atoms with van der Waals surface area (Å²) in [6, 6.07) is 58.5. The number of alkyl halides is 1. The van der Waals surface area contributed by atoms with E-state index in [1.165, 1.54) is 0 Å². The minimum Gasteiger partial charge on any atom is -0.489 e. The van der Waals surface area contributed by atoms with E-state index >= 15 is 0 Å². The molecule has 0 saturated heterocycles. The zero-order valence-electron chi connectivity index (χ0n) is 38.3. The van der Waals surface area contributed by atoms with E-state index in [2.05, 4.69) is 84.5 Å². The summed E-state index contributed by atoms with van der Waals surface area (Å²) >= 11 is 6.22. The van der Waals surface area contributed by atoms with Gasteiger partial charge in [0.15, 0.2) is 19.8 Å². The number of ether oxygens (including phenoxy) is 6. The third-order valence-corrected chi connectivity index (χ3v) is 17.7. The highest BCUT2D eigenvalue weighted by Crippen LogP contribution is 2.47. The van der Waals surface area contributed by atoms with Gasteiger partial charge in [0.2, 0.25) is 5.75 Å². The zero-order valence-corrected chi connectivity index (χ0v) is 43.0. The molecule has 0 saturated carbocycles. The number of rotatable bonds is 22. The van der Waals surface area contributed by atoms with Gasteiger partial charge in [-0.25, -0.2) is 0 Å². The maximum Gasteiger partial charge on any atom is 0.203 e. The van der Waals surface area contributed by atoms with E-state index in [-0.39, 0.29) is 5.04 Å². The molecular formula is C56H58BrIO7Si. The van der Waals surface area contributed by atoms with Crippen LogP contribution in [0, 0.1) is 3.57 Å². The molecule has 7 aromatic carbocycles. The smallest absolute Gasteiger partial charge is 0.203 e. The zero-order chi connectivity index (χ0) is 46.4. The molecule has 0 aliphatic heterocycles. The van der Waals surface area contributed by atoms with Crippen LogP contribution in [0.15, 0.2) is 176 Å². The molecule has 7 nitrogen and oxygen atoms in total. The molecule has 0 N–H and O–H groups in total. The summed E-state index contributed by atoms with van der Waals surface area (Å²) < 4.78 is 48.8. The number of hydrogen-bond donors (Lipinski definition) is 0. The van der Waals surface area contributed by atoms with Crippen molar-refractivity contribution in [2.45, 2.75) is 84.1 Å². The second-order valence-electron chi connectivity index (χ2n) is 17.6. The fourth-order valence-electron chi connectivity index (χ4n) is 6.84. The highest BCUT2D eigenvalue weighted by Gasteiger charge is 2.42. The minimum atomic E-state index is -2.39. The van der Waals surface area contributed by atoms with Gasteiger partial charge in [-0.2, -0.15) is 0 Å². The van der Waals surface area contributed by atoms with Crippen LogP contribution >= 0.6 is 38.5 Å². The van der Waals surface area contributed by atoms with Crippen LogP contribution in [-0.4, -0.2) is 19.8 Å². The molecule has 66 heavy (non-hydrogen) atoms. The number of halogens is 2. The summed E-state index contributed by atoms with van der Waals surface area (Å²) in [5, 5.41) is 0.397. The van der Waals surface area contributed by atoms with Gasteiger partial charge in [-0.15, -0.1) is 0 Å². The normalized spacial score (nSPS) is 12.5. The third kappa shape index (κ3) is 13.7. The molecule has 0 bridgehead atoms. The second-order valence-corrected chi connectivity index (χ2v) is 24.0. The van der Waals surface area contributed by atoms with Crippen molar-refractivity contribution in [2.75, 3.05) is 5.33 Å². The van der Waals surface area contributed by atoms with Crippen molar-refractivity contribution >= 4 is 46.8 Å². The van der Waals surface area contributed by atoms with E-state index in [1.807, 2.05) is 164 Å². The van der Waals surface area contributed by atoms with Crippen molar-refractivity contribution < 1.29 is 32.8 Å². The molecule has 2 atom stereocenters. The van der Waals surface area contributed by atoms with Gasteiger partial charge in [0.05, 0.1) is 9.67 Å². The molecule has 0 heterocycles. The van der Waals surface area contributed by atoms with E-state index in [9.17, 15) is 0 Å². The largest absolute Gasteiger partial charge is 0.489 e. The monoisotopic (exact) mass is 1080 g/mol. The highest BCUT2D eigenvalue weighted by molar-refractivity contribution is 14.1. The highest BCUT2D eigenvalue weighted by atomic mass is 127. The summed E-state index contributed by atoms with van der Waals surface area (Å²) in [4.78, 5) is 0. The van der Waals surface area contributed by atoms with Gasteiger partial charge in [0, 0.05) is 23.0 Å². The van der Waals surface area contributed by atoms with Crippen molar-refractivity contribution in [2.24, 2.45) is 0 Å². The quantitative estimate of drug-likeness (QED) is 0.0381. The molecule has 0 aliphatic rings. The van der Waals surface area contributed by atoms with Crippen molar-refractivity contribution in [1.82, 2.24) is 0 Å². The molecule has 0 aromatic heterocycles. The molecular weight excluding hydrogens is 1020 g/mol. The lowest BCUT2D eigenvalue weighted by molar-refractivity contribution is 0.0577. The molecule has 0 spiro atoms. The topological polar surface area (TPSA) is 64.6 Å². The van der Waals surface area contributed by atoms with Gasteiger partial charge in [-0.05, 0) is 80.7 Å². The van der Waals surface area contributed by atoms with E-state index in [1.54, 1.807) is 0 Å². The predicted molar refractivity (Wildman–Crippen MR) is 279 cm³/mol. The van der Waals surface area contributed by atoms with E-state index in [0.717, 1.165) is 37.0 Å². The van der Waals surface area contributed by atoms with Crippen LogP contribution in [0.5, 0.6) is 34.5 Å². The third-order valence-electron chi connectivity index (χ3n) is 11.5. The van der Waals surface area contributed by atoms with Crippen molar-refractivity contribution in [3.8, 4) is 34.5 Å². The average Bonchev–Trinajstić information content (AvgIpc) is 3.34. The van der Waals surface area contributed by atoms with Gasteiger partial charge >= 0.3 is 0 Å². The molecule has 7 aromatic rings. The first-order valence-electron chi connectivity index (χ1n) is 22.2. The Labute approximate surface area is 413 Å². The Morgan fingerprint density at radius 2 is 0.848 bits per heavy atom. The van der Waals surface area contributed by atoms with E-state index < -0.39 is 20.5 Å². The molecule has 0 fully saturated rings. The first-order valence-corrected chi connectivity index (χ1v) is 27.3. The summed E-state index contributed by atoms with van der Waals surface area (Å²) in [6.07, 6.45) is -1.14. The molecule has 0 amide bonds. The Kier molecular flexibility index (Phi) is 17.3. The molecule has 10 heteroatoms. The van der Waals surface area contributed by atoms with Crippen LogP contribution in [0.3, 0.4) is 0 Å². The van der Waals surface area contributed by atoms with Gasteiger partial charge < -0.3 is 32.8 Å². The van der Waals surface area contributed by atoms with Gasteiger partial charge in [-0.3, -0.25) is 0 Å². The lowest BCUT2D eigenvalue weighted by Gasteiger charge is -2.41. The van der Waals surface area contributed by atoms with Gasteiger partial charge in [0.1, 0.15) is 56.4 Å². The average molecular weight is 1080 g/mol. The van der Waals surface area contributed by atoms with Crippen LogP contribution in [0.1, 0.15) is 60.3 Å². The molecule has 0 aliphatic carbocycles. The Hall–Kier alpha value is -5.27. The number of hydrogen-bond acceptors (Lipinski definition) is 7. The molecule has 7 rings (SSSR count). The van der Waals surface area contributed by atoms with Crippen LogP contribution in [0.2, 0.25) is 18.1 Å². The maximum absolute atomic E-state index is 7.38. The number of benzene rings is 7. The SMILES string of the molecule is CC(C)(C)[Si](C)(C)O[C@H](CBr)[C@@H](Oc1cc(OCc2ccccc2)cc(OCc2ccccc2)c1I)c1cc(OCc2ccccc2)c(OCc2ccccc2)c(OCc2ccccc2)c1. The summed E-state index contributed by atoms with van der Waals surface area (Å²) in [6.45, 7) is 12.9.